The van der Waals surface area contributed by atoms with Gasteiger partial charge in [-0.15, -0.1) is 0 Å². The molecular formula is C14H25N3O3. The van der Waals surface area contributed by atoms with Gasteiger partial charge in [0.05, 0.1) is 6.54 Å². The number of hydrogen-bond donors (Lipinski definition) is 2. The van der Waals surface area contributed by atoms with Crippen LogP contribution in [0.25, 0.3) is 0 Å². The average Bonchev–Trinajstić information content (AvgIpc) is 2.47. The molecule has 2 N–H and O–H groups in total. The first-order chi connectivity index (χ1) is 9.61. The fourth-order valence-electron chi connectivity index (χ4n) is 3.09. The van der Waals surface area contributed by atoms with Gasteiger partial charge in [-0.2, -0.15) is 0 Å². The Bertz CT molecular complexity index is 356. The Balaban J connectivity index is 1.94. The van der Waals surface area contributed by atoms with Gasteiger partial charge < -0.3 is 15.3 Å². The standard InChI is InChI=1S/C14H25N3O3/c1-2-11-3-6-17(12(9-11)14(19)20)13(18)10-16-7-4-15-5-8-16/h11-12,15H,2-10H2,1H3,(H,19,20). The van der Waals surface area contributed by atoms with Crippen LogP contribution in [0.3, 0.4) is 0 Å². The van der Waals surface area contributed by atoms with Gasteiger partial charge >= 0.3 is 5.97 Å². The highest BCUT2D eigenvalue weighted by atomic mass is 16.4. The van der Waals surface area contributed by atoms with Gasteiger partial charge in [0.2, 0.25) is 5.91 Å². The van der Waals surface area contributed by atoms with Crippen LogP contribution in [-0.4, -0.2) is 72.1 Å². The third-order valence-electron chi connectivity index (χ3n) is 4.46. The highest BCUT2D eigenvalue weighted by Crippen LogP contribution is 2.25. The second-order valence-corrected chi connectivity index (χ2v) is 5.77. The van der Waals surface area contributed by atoms with Crippen molar-refractivity contribution in [1.29, 1.82) is 0 Å². The van der Waals surface area contributed by atoms with Gasteiger partial charge in [-0.1, -0.05) is 13.3 Å². The quantitative estimate of drug-likeness (QED) is 0.759. The maximum atomic E-state index is 12.4. The summed E-state index contributed by atoms with van der Waals surface area (Å²) in [5.74, 6) is -0.468. The van der Waals surface area contributed by atoms with Crippen LogP contribution in [0.15, 0.2) is 0 Å². The summed E-state index contributed by atoms with van der Waals surface area (Å²) in [6, 6.07) is -0.635. The number of piperazine rings is 1. The van der Waals surface area contributed by atoms with Crippen LogP contribution in [0, 0.1) is 5.92 Å². The molecule has 0 saturated carbocycles. The maximum absolute atomic E-state index is 12.4. The predicted octanol–water partition coefficient (Wildman–Crippen LogP) is -0.00660. The summed E-state index contributed by atoms with van der Waals surface area (Å²) in [6.07, 6.45) is 2.51. The van der Waals surface area contributed by atoms with E-state index in [0.29, 0.717) is 25.4 Å². The fourth-order valence-corrected chi connectivity index (χ4v) is 3.09. The first kappa shape index (κ1) is 15.3. The number of carboxylic acid groups (broad SMARTS) is 1. The minimum Gasteiger partial charge on any atom is -0.480 e. The molecule has 2 unspecified atom stereocenters. The molecule has 2 atom stereocenters. The van der Waals surface area contributed by atoms with Crippen molar-refractivity contribution in [2.24, 2.45) is 5.92 Å². The number of rotatable bonds is 4. The molecule has 6 nitrogen and oxygen atoms in total. The molecule has 2 fully saturated rings. The molecule has 2 rings (SSSR count). The first-order valence-electron chi connectivity index (χ1n) is 7.57. The van der Waals surface area contributed by atoms with E-state index in [1.54, 1.807) is 4.90 Å². The molecule has 6 heteroatoms. The normalized spacial score (nSPS) is 28.4. The zero-order chi connectivity index (χ0) is 14.5. The van der Waals surface area contributed by atoms with E-state index in [9.17, 15) is 14.7 Å². The Labute approximate surface area is 120 Å². The van der Waals surface area contributed by atoms with E-state index in [2.05, 4.69) is 17.1 Å². The zero-order valence-electron chi connectivity index (χ0n) is 12.2. The maximum Gasteiger partial charge on any atom is 0.326 e. The molecule has 20 heavy (non-hydrogen) atoms. The van der Waals surface area contributed by atoms with E-state index in [1.165, 1.54) is 0 Å². The van der Waals surface area contributed by atoms with Crippen molar-refractivity contribution < 1.29 is 14.7 Å². The van der Waals surface area contributed by atoms with Crippen LogP contribution in [0.2, 0.25) is 0 Å². The van der Waals surface area contributed by atoms with E-state index in [1.807, 2.05) is 0 Å². The lowest BCUT2D eigenvalue weighted by atomic mass is 9.89. The SMILES string of the molecule is CCC1CCN(C(=O)CN2CCNCC2)C(C(=O)O)C1. The highest BCUT2D eigenvalue weighted by molar-refractivity contribution is 5.85. The van der Waals surface area contributed by atoms with Crippen LogP contribution >= 0.6 is 0 Å². The molecule has 0 aliphatic carbocycles. The van der Waals surface area contributed by atoms with Crippen LogP contribution < -0.4 is 5.32 Å². The lowest BCUT2D eigenvalue weighted by Crippen LogP contribution is -2.54. The van der Waals surface area contributed by atoms with Gasteiger partial charge in [0.1, 0.15) is 6.04 Å². The summed E-state index contributed by atoms with van der Waals surface area (Å²) in [5.41, 5.74) is 0. The molecular weight excluding hydrogens is 258 g/mol. The van der Waals surface area contributed by atoms with E-state index < -0.39 is 12.0 Å². The number of carbonyl (C=O) groups excluding carboxylic acids is 1. The van der Waals surface area contributed by atoms with Gasteiger partial charge in [-0.3, -0.25) is 9.69 Å². The number of hydrogen-bond acceptors (Lipinski definition) is 4. The number of likely N-dealkylation sites (tertiary alicyclic amines) is 1. The molecule has 2 aliphatic heterocycles. The fraction of sp³-hybridized carbons (Fsp3) is 0.857. The van der Waals surface area contributed by atoms with Gasteiger partial charge in [-0.05, 0) is 18.8 Å². The van der Waals surface area contributed by atoms with Crippen molar-refractivity contribution in [2.75, 3.05) is 39.3 Å². The molecule has 1 amide bonds. The third-order valence-corrected chi connectivity index (χ3v) is 4.46. The summed E-state index contributed by atoms with van der Waals surface area (Å²) < 4.78 is 0. The smallest absolute Gasteiger partial charge is 0.326 e. The second kappa shape index (κ2) is 7.04. The third kappa shape index (κ3) is 3.70. The van der Waals surface area contributed by atoms with E-state index in [4.69, 9.17) is 0 Å². The van der Waals surface area contributed by atoms with Gasteiger partial charge in [0.25, 0.3) is 0 Å². The van der Waals surface area contributed by atoms with Crippen LogP contribution in [-0.2, 0) is 9.59 Å². The minimum atomic E-state index is -0.864. The number of aliphatic carboxylic acids is 1. The Hall–Kier alpha value is -1.14. The van der Waals surface area contributed by atoms with E-state index in [0.717, 1.165) is 39.0 Å². The Morgan fingerprint density at radius 3 is 2.55 bits per heavy atom. The number of carboxylic acids is 1. The number of piperidine rings is 1. The number of carbonyl (C=O) groups is 2. The Morgan fingerprint density at radius 2 is 1.95 bits per heavy atom. The number of amides is 1. The molecule has 0 bridgehead atoms. The van der Waals surface area contributed by atoms with Crippen LogP contribution in [0.5, 0.6) is 0 Å². The molecule has 0 radical (unpaired) electrons. The van der Waals surface area contributed by atoms with E-state index >= 15 is 0 Å². The van der Waals surface area contributed by atoms with Crippen molar-refractivity contribution in [1.82, 2.24) is 15.1 Å². The lowest BCUT2D eigenvalue weighted by molar-refractivity contribution is -0.153. The molecule has 0 aromatic heterocycles. The van der Waals surface area contributed by atoms with Crippen molar-refractivity contribution in [3.8, 4) is 0 Å². The predicted molar refractivity (Wildman–Crippen MR) is 75.5 cm³/mol. The molecule has 114 valence electrons. The van der Waals surface area contributed by atoms with Gasteiger partial charge in [-0.25, -0.2) is 4.79 Å². The molecule has 2 heterocycles. The zero-order valence-corrected chi connectivity index (χ0v) is 12.2. The van der Waals surface area contributed by atoms with Crippen molar-refractivity contribution in [2.45, 2.75) is 32.2 Å². The topological polar surface area (TPSA) is 72.9 Å². The Kier molecular flexibility index (Phi) is 5.37. The van der Waals surface area contributed by atoms with Crippen LogP contribution in [0.1, 0.15) is 26.2 Å². The summed E-state index contributed by atoms with van der Waals surface area (Å²) >= 11 is 0. The Morgan fingerprint density at radius 1 is 1.25 bits per heavy atom. The number of nitrogens with one attached hydrogen (secondary N) is 1. The molecule has 0 spiro atoms. The number of nitrogens with zero attached hydrogens (tertiary/aromatic N) is 2. The molecule has 2 saturated heterocycles. The van der Waals surface area contributed by atoms with Crippen molar-refractivity contribution in [3.63, 3.8) is 0 Å². The molecule has 2 aliphatic rings. The lowest BCUT2D eigenvalue weighted by Gasteiger charge is -2.38. The average molecular weight is 283 g/mol. The first-order valence-corrected chi connectivity index (χ1v) is 7.57. The largest absolute Gasteiger partial charge is 0.480 e. The van der Waals surface area contributed by atoms with Crippen molar-refractivity contribution >= 4 is 11.9 Å². The second-order valence-electron chi connectivity index (χ2n) is 5.77. The summed E-state index contributed by atoms with van der Waals surface area (Å²) in [4.78, 5) is 27.5. The highest BCUT2D eigenvalue weighted by Gasteiger charge is 2.35. The van der Waals surface area contributed by atoms with E-state index in [-0.39, 0.29) is 5.91 Å². The summed E-state index contributed by atoms with van der Waals surface area (Å²) in [7, 11) is 0. The monoisotopic (exact) mass is 283 g/mol. The van der Waals surface area contributed by atoms with Crippen LogP contribution in [0.4, 0.5) is 0 Å². The molecule has 0 aromatic rings. The van der Waals surface area contributed by atoms with Gasteiger partial charge in [0.15, 0.2) is 0 Å². The van der Waals surface area contributed by atoms with Gasteiger partial charge in [0, 0.05) is 32.7 Å². The molecule has 0 aromatic carbocycles. The summed E-state index contributed by atoms with van der Waals surface area (Å²) in [6.45, 7) is 6.52. The summed E-state index contributed by atoms with van der Waals surface area (Å²) in [5, 5.41) is 12.6. The van der Waals surface area contributed by atoms with Crippen molar-refractivity contribution in [3.05, 3.63) is 0 Å². The minimum absolute atomic E-state index is 0.0335.